The van der Waals surface area contributed by atoms with E-state index >= 15 is 0 Å². The summed E-state index contributed by atoms with van der Waals surface area (Å²) in [4.78, 5) is 0. The van der Waals surface area contributed by atoms with Crippen molar-refractivity contribution in [2.24, 2.45) is 0 Å². The zero-order valence-electron chi connectivity index (χ0n) is 10.0. The van der Waals surface area contributed by atoms with Crippen LogP contribution in [0.4, 0.5) is 11.4 Å². The van der Waals surface area contributed by atoms with Crippen LogP contribution in [0.5, 0.6) is 0 Å². The third-order valence-corrected chi connectivity index (χ3v) is 3.71. The van der Waals surface area contributed by atoms with E-state index in [0.717, 1.165) is 31.4 Å². The van der Waals surface area contributed by atoms with E-state index in [9.17, 15) is 5.11 Å². The highest BCUT2D eigenvalue weighted by Crippen LogP contribution is 2.35. The van der Waals surface area contributed by atoms with E-state index in [2.05, 4.69) is 15.6 Å². The average Bonchev–Trinajstić information content (AvgIpc) is 3.03. The van der Waals surface area contributed by atoms with Crippen LogP contribution in [0, 0.1) is 0 Å². The van der Waals surface area contributed by atoms with Crippen molar-refractivity contribution in [1.82, 2.24) is 10.3 Å². The van der Waals surface area contributed by atoms with Gasteiger partial charge in [0.25, 0.3) is 0 Å². The molecule has 1 aromatic carbocycles. The maximum absolute atomic E-state index is 9.61. The van der Waals surface area contributed by atoms with Gasteiger partial charge in [-0.25, -0.2) is 4.63 Å². The topological polar surface area (TPSA) is 97.2 Å². The monoisotopic (exact) mass is 248 g/mol. The molecular weight excluding hydrogens is 232 g/mol. The molecule has 2 aromatic rings. The van der Waals surface area contributed by atoms with Gasteiger partial charge in [-0.1, -0.05) is 12.8 Å². The summed E-state index contributed by atoms with van der Waals surface area (Å²) in [7, 11) is 0. The van der Waals surface area contributed by atoms with Gasteiger partial charge in [0.15, 0.2) is 11.0 Å². The van der Waals surface area contributed by atoms with Crippen LogP contribution >= 0.6 is 0 Å². The van der Waals surface area contributed by atoms with E-state index in [1.54, 1.807) is 6.07 Å². The van der Waals surface area contributed by atoms with Gasteiger partial charge in [-0.05, 0) is 35.3 Å². The van der Waals surface area contributed by atoms with E-state index < -0.39 is 0 Å². The Morgan fingerprint density at radius 2 is 2.00 bits per heavy atom. The summed E-state index contributed by atoms with van der Waals surface area (Å²) in [6, 6.07) is 3.63. The minimum absolute atomic E-state index is 0.115. The molecule has 1 fully saturated rings. The Morgan fingerprint density at radius 1 is 1.28 bits per heavy atom. The van der Waals surface area contributed by atoms with Crippen molar-refractivity contribution >= 4 is 22.4 Å². The van der Waals surface area contributed by atoms with Crippen molar-refractivity contribution in [2.45, 2.75) is 31.2 Å². The first-order chi connectivity index (χ1) is 8.74. The highest BCUT2D eigenvalue weighted by molar-refractivity contribution is 5.95. The number of nitrogens with one attached hydrogen (secondary N) is 1. The van der Waals surface area contributed by atoms with Gasteiger partial charge in [-0.15, -0.1) is 0 Å². The summed E-state index contributed by atoms with van der Waals surface area (Å²) in [5, 5.41) is 20.7. The molecule has 0 radical (unpaired) electrons. The van der Waals surface area contributed by atoms with Crippen molar-refractivity contribution in [3.8, 4) is 0 Å². The second-order valence-electron chi connectivity index (χ2n) is 4.93. The molecule has 0 spiro atoms. The zero-order valence-corrected chi connectivity index (χ0v) is 10.0. The normalized spacial score (nSPS) is 18.3. The van der Waals surface area contributed by atoms with Gasteiger partial charge in [0.2, 0.25) is 0 Å². The van der Waals surface area contributed by atoms with Crippen LogP contribution in [0.25, 0.3) is 11.0 Å². The predicted molar refractivity (Wildman–Crippen MR) is 68.1 cm³/mol. The first-order valence-electron chi connectivity index (χ1n) is 6.14. The summed E-state index contributed by atoms with van der Waals surface area (Å²) >= 11 is 0. The third-order valence-electron chi connectivity index (χ3n) is 3.71. The quantitative estimate of drug-likeness (QED) is 0.712. The van der Waals surface area contributed by atoms with Gasteiger partial charge in [0.05, 0.1) is 23.5 Å². The lowest BCUT2D eigenvalue weighted by Gasteiger charge is -2.29. The van der Waals surface area contributed by atoms with Gasteiger partial charge in [0.1, 0.15) is 0 Å². The Labute approximate surface area is 104 Å². The van der Waals surface area contributed by atoms with E-state index in [0.29, 0.717) is 16.7 Å². The van der Waals surface area contributed by atoms with Crippen LogP contribution in [0.15, 0.2) is 16.8 Å². The van der Waals surface area contributed by atoms with Crippen molar-refractivity contribution in [2.75, 3.05) is 17.7 Å². The molecule has 1 heterocycles. The second-order valence-corrected chi connectivity index (χ2v) is 4.93. The van der Waals surface area contributed by atoms with Crippen molar-refractivity contribution < 1.29 is 9.74 Å². The van der Waals surface area contributed by atoms with Crippen LogP contribution < -0.4 is 11.1 Å². The van der Waals surface area contributed by atoms with Crippen LogP contribution in [-0.2, 0) is 0 Å². The third kappa shape index (κ3) is 1.69. The maximum atomic E-state index is 9.61. The minimum atomic E-state index is -0.248. The van der Waals surface area contributed by atoms with E-state index in [1.807, 2.05) is 6.07 Å². The fraction of sp³-hybridized carbons (Fsp3) is 0.500. The first kappa shape index (κ1) is 11.3. The number of aliphatic hydroxyl groups excluding tert-OH is 1. The number of fused-ring (bicyclic) bond motifs is 1. The molecule has 1 aliphatic rings. The predicted octanol–water partition coefficient (Wildman–Crippen LogP) is 1.52. The molecule has 1 aliphatic carbocycles. The number of hydrogen-bond donors (Lipinski definition) is 3. The lowest BCUT2D eigenvalue weighted by molar-refractivity contribution is 0.214. The molecule has 6 heteroatoms. The molecule has 0 amide bonds. The van der Waals surface area contributed by atoms with Gasteiger partial charge in [-0.3, -0.25) is 0 Å². The summed E-state index contributed by atoms with van der Waals surface area (Å²) in [5.74, 6) is 0. The molecule has 0 atom stereocenters. The molecular formula is C12H16N4O2. The van der Waals surface area contributed by atoms with Crippen LogP contribution in [0.3, 0.4) is 0 Å². The van der Waals surface area contributed by atoms with Crippen LogP contribution in [0.1, 0.15) is 25.7 Å². The summed E-state index contributed by atoms with van der Waals surface area (Å²) in [6.07, 6.45) is 4.17. The Morgan fingerprint density at radius 3 is 2.72 bits per heavy atom. The fourth-order valence-corrected chi connectivity index (χ4v) is 2.65. The molecule has 0 unspecified atom stereocenters. The lowest BCUT2D eigenvalue weighted by Crippen LogP contribution is -2.39. The number of nitrogens with zero attached hydrogens (tertiary/aromatic N) is 2. The van der Waals surface area contributed by atoms with Crippen LogP contribution in [0.2, 0.25) is 0 Å². The smallest absolute Gasteiger partial charge is 0.160 e. The molecule has 0 saturated heterocycles. The highest BCUT2D eigenvalue weighted by atomic mass is 16.6. The number of aliphatic hydroxyl groups is 1. The zero-order chi connectivity index (χ0) is 12.6. The molecule has 1 saturated carbocycles. The molecule has 18 heavy (non-hydrogen) atoms. The van der Waals surface area contributed by atoms with E-state index in [4.69, 9.17) is 10.4 Å². The number of aromatic nitrogens is 2. The minimum Gasteiger partial charge on any atom is -0.397 e. The maximum Gasteiger partial charge on any atom is 0.160 e. The van der Waals surface area contributed by atoms with Crippen molar-refractivity contribution in [3.05, 3.63) is 12.1 Å². The highest BCUT2D eigenvalue weighted by Gasteiger charge is 2.33. The number of nitrogens with two attached hydrogens (primary N) is 1. The standard InChI is InChI=1S/C12H16N4O2/c13-8-3-4-9(11-10(8)15-18-16-11)14-12(7-17)5-1-2-6-12/h3-4,14,17H,1-2,5-7,13H2. The SMILES string of the molecule is Nc1ccc(NC2(CO)CCCC2)c2nonc12. The first-order valence-corrected chi connectivity index (χ1v) is 6.14. The Bertz CT molecular complexity index is 560. The molecule has 96 valence electrons. The number of nitrogen functional groups attached to an aromatic ring is 1. The summed E-state index contributed by atoms with van der Waals surface area (Å²) in [6.45, 7) is 0.115. The molecule has 1 aromatic heterocycles. The number of rotatable bonds is 3. The summed E-state index contributed by atoms with van der Waals surface area (Å²) in [5.41, 5.74) is 8.10. The van der Waals surface area contributed by atoms with Gasteiger partial charge in [-0.2, -0.15) is 0 Å². The number of benzene rings is 1. The molecule has 0 aliphatic heterocycles. The molecule has 6 nitrogen and oxygen atoms in total. The van der Waals surface area contributed by atoms with E-state index in [-0.39, 0.29) is 12.1 Å². The molecule has 3 rings (SSSR count). The number of hydrogen-bond acceptors (Lipinski definition) is 6. The fourth-order valence-electron chi connectivity index (χ4n) is 2.65. The van der Waals surface area contributed by atoms with Crippen molar-refractivity contribution in [1.29, 1.82) is 0 Å². The molecule has 0 bridgehead atoms. The largest absolute Gasteiger partial charge is 0.397 e. The Balaban J connectivity index is 1.99. The Kier molecular flexibility index (Phi) is 2.59. The average molecular weight is 248 g/mol. The van der Waals surface area contributed by atoms with E-state index in [1.165, 1.54) is 0 Å². The van der Waals surface area contributed by atoms with Crippen LogP contribution in [-0.4, -0.2) is 27.6 Å². The lowest BCUT2D eigenvalue weighted by atomic mass is 9.98. The number of anilines is 2. The van der Waals surface area contributed by atoms with Gasteiger partial charge in [0, 0.05) is 0 Å². The van der Waals surface area contributed by atoms with Crippen molar-refractivity contribution in [3.63, 3.8) is 0 Å². The van der Waals surface area contributed by atoms with Gasteiger partial charge >= 0.3 is 0 Å². The Hall–Kier alpha value is -1.82. The molecule has 4 N–H and O–H groups in total. The van der Waals surface area contributed by atoms with Gasteiger partial charge < -0.3 is 16.2 Å². The second kappa shape index (κ2) is 4.13. The summed E-state index contributed by atoms with van der Waals surface area (Å²) < 4.78 is 4.73.